The Morgan fingerprint density at radius 1 is 1.44 bits per heavy atom. The summed E-state index contributed by atoms with van der Waals surface area (Å²) in [6, 6.07) is 2.30. The number of carbonyl (C=O) groups excluding carboxylic acids is 1. The summed E-state index contributed by atoms with van der Waals surface area (Å²) in [5, 5.41) is 7.58. The lowest BCUT2D eigenvalue weighted by Gasteiger charge is -2.31. The summed E-state index contributed by atoms with van der Waals surface area (Å²) < 4.78 is 0. The maximum Gasteiger partial charge on any atom is 0.241 e. The summed E-state index contributed by atoms with van der Waals surface area (Å²) in [5.41, 5.74) is 1.20. The summed E-state index contributed by atoms with van der Waals surface area (Å²) in [6.07, 6.45) is 1.09. The summed E-state index contributed by atoms with van der Waals surface area (Å²) in [5.74, 6) is 0.825. The highest BCUT2D eigenvalue weighted by Crippen LogP contribution is 2.30. The van der Waals surface area contributed by atoms with Gasteiger partial charge in [-0.1, -0.05) is 13.8 Å². The van der Waals surface area contributed by atoms with Crippen LogP contribution in [0.5, 0.6) is 0 Å². The topological polar surface area (TPSA) is 32.3 Å². The second-order valence-electron chi connectivity index (χ2n) is 5.57. The van der Waals surface area contributed by atoms with E-state index in [2.05, 4.69) is 42.9 Å². The number of nitrogens with zero attached hydrogens (tertiary/aromatic N) is 1. The van der Waals surface area contributed by atoms with Crippen molar-refractivity contribution in [3.05, 3.63) is 22.4 Å². The van der Waals surface area contributed by atoms with Crippen molar-refractivity contribution in [2.45, 2.75) is 52.4 Å². The van der Waals surface area contributed by atoms with Crippen LogP contribution in [0.4, 0.5) is 0 Å². The van der Waals surface area contributed by atoms with Gasteiger partial charge in [-0.05, 0) is 48.6 Å². The van der Waals surface area contributed by atoms with Gasteiger partial charge in [0.05, 0.1) is 6.04 Å². The maximum atomic E-state index is 12.3. The highest BCUT2D eigenvalue weighted by Gasteiger charge is 2.39. The number of carbonyl (C=O) groups is 1. The Kier molecular flexibility index (Phi) is 4.07. The van der Waals surface area contributed by atoms with E-state index in [1.807, 2.05) is 11.8 Å². The average Bonchev–Trinajstić information content (AvgIpc) is 2.87. The minimum Gasteiger partial charge on any atom is -0.319 e. The standard InChI is InChI=1S/C14H22N2OS/c1-9(2)7-10(3)16-13(12-5-6-18-8-12)15-11(4)14(16)17/h5-6,8-11,13,15H,7H2,1-4H3. The lowest BCUT2D eigenvalue weighted by Crippen LogP contribution is -2.38. The van der Waals surface area contributed by atoms with Crippen molar-refractivity contribution in [2.75, 3.05) is 0 Å². The molecule has 0 bridgehead atoms. The molecule has 1 amide bonds. The van der Waals surface area contributed by atoms with Crippen LogP contribution in [-0.4, -0.2) is 22.9 Å². The summed E-state index contributed by atoms with van der Waals surface area (Å²) in [7, 11) is 0. The van der Waals surface area contributed by atoms with Crippen molar-refractivity contribution in [3.8, 4) is 0 Å². The molecule has 2 rings (SSSR count). The molecule has 18 heavy (non-hydrogen) atoms. The van der Waals surface area contributed by atoms with Gasteiger partial charge in [-0.25, -0.2) is 0 Å². The third-order valence-corrected chi connectivity index (χ3v) is 4.16. The molecule has 0 radical (unpaired) electrons. The SMILES string of the molecule is CC(C)CC(C)N1C(=O)C(C)NC1c1ccsc1. The molecule has 0 spiro atoms. The molecule has 3 unspecified atom stereocenters. The Hall–Kier alpha value is -0.870. The molecule has 4 heteroatoms. The molecule has 1 fully saturated rings. The van der Waals surface area contributed by atoms with Crippen molar-refractivity contribution in [2.24, 2.45) is 5.92 Å². The van der Waals surface area contributed by atoms with Crippen LogP contribution in [0.25, 0.3) is 0 Å². The molecule has 2 heterocycles. The molecule has 100 valence electrons. The van der Waals surface area contributed by atoms with Gasteiger partial charge in [-0.15, -0.1) is 0 Å². The number of hydrogen-bond acceptors (Lipinski definition) is 3. The van der Waals surface area contributed by atoms with E-state index in [0.717, 1.165) is 6.42 Å². The molecule has 1 saturated heterocycles. The third kappa shape index (κ3) is 2.59. The number of nitrogens with one attached hydrogen (secondary N) is 1. The lowest BCUT2D eigenvalue weighted by molar-refractivity contribution is -0.132. The molecule has 0 aliphatic carbocycles. The Morgan fingerprint density at radius 3 is 2.72 bits per heavy atom. The monoisotopic (exact) mass is 266 g/mol. The van der Waals surface area contributed by atoms with Crippen LogP contribution < -0.4 is 5.32 Å². The van der Waals surface area contributed by atoms with E-state index in [0.29, 0.717) is 5.92 Å². The fourth-order valence-corrected chi connectivity index (χ4v) is 3.37. The largest absolute Gasteiger partial charge is 0.319 e. The van der Waals surface area contributed by atoms with Crippen LogP contribution in [0.3, 0.4) is 0 Å². The summed E-state index contributed by atoms with van der Waals surface area (Å²) in [6.45, 7) is 8.50. The van der Waals surface area contributed by atoms with Gasteiger partial charge < -0.3 is 4.90 Å². The number of hydrogen-bond donors (Lipinski definition) is 1. The number of amides is 1. The molecule has 1 aromatic heterocycles. The van der Waals surface area contributed by atoms with Crippen LogP contribution in [0.15, 0.2) is 16.8 Å². The predicted molar refractivity (Wildman–Crippen MR) is 75.4 cm³/mol. The molecule has 0 aromatic carbocycles. The highest BCUT2D eigenvalue weighted by atomic mass is 32.1. The van der Waals surface area contributed by atoms with Crippen LogP contribution in [-0.2, 0) is 4.79 Å². The molecule has 1 aliphatic rings. The Morgan fingerprint density at radius 2 is 2.17 bits per heavy atom. The first-order valence-electron chi connectivity index (χ1n) is 6.61. The molecule has 1 aliphatic heterocycles. The predicted octanol–water partition coefficient (Wildman–Crippen LogP) is 3.00. The summed E-state index contributed by atoms with van der Waals surface area (Å²) >= 11 is 1.68. The van der Waals surface area contributed by atoms with Gasteiger partial charge in [-0.2, -0.15) is 11.3 Å². The van der Waals surface area contributed by atoms with Gasteiger partial charge in [0.1, 0.15) is 6.17 Å². The average molecular weight is 266 g/mol. The Bertz CT molecular complexity index is 402. The van der Waals surface area contributed by atoms with E-state index in [-0.39, 0.29) is 24.2 Å². The second-order valence-corrected chi connectivity index (χ2v) is 6.35. The zero-order chi connectivity index (χ0) is 13.3. The van der Waals surface area contributed by atoms with E-state index < -0.39 is 0 Å². The Balaban J connectivity index is 2.20. The van der Waals surface area contributed by atoms with Crippen LogP contribution in [0, 0.1) is 5.92 Å². The zero-order valence-corrected chi connectivity index (χ0v) is 12.3. The molecular formula is C14H22N2OS. The minimum atomic E-state index is -0.0792. The quantitative estimate of drug-likeness (QED) is 0.908. The molecule has 3 nitrogen and oxygen atoms in total. The first-order valence-corrected chi connectivity index (χ1v) is 7.55. The molecular weight excluding hydrogens is 244 g/mol. The van der Waals surface area contributed by atoms with Crippen LogP contribution in [0.1, 0.15) is 45.8 Å². The smallest absolute Gasteiger partial charge is 0.241 e. The van der Waals surface area contributed by atoms with Gasteiger partial charge >= 0.3 is 0 Å². The van der Waals surface area contributed by atoms with E-state index in [9.17, 15) is 4.79 Å². The van der Waals surface area contributed by atoms with Gasteiger partial charge in [0.15, 0.2) is 0 Å². The molecule has 3 atom stereocenters. The van der Waals surface area contributed by atoms with Crippen molar-refractivity contribution in [3.63, 3.8) is 0 Å². The fraction of sp³-hybridized carbons (Fsp3) is 0.643. The lowest BCUT2D eigenvalue weighted by atomic mass is 10.0. The van der Waals surface area contributed by atoms with Crippen molar-refractivity contribution >= 4 is 17.2 Å². The summed E-state index contributed by atoms with van der Waals surface area (Å²) in [4.78, 5) is 14.3. The normalized spacial score (nSPS) is 26.1. The zero-order valence-electron chi connectivity index (χ0n) is 11.5. The van der Waals surface area contributed by atoms with Gasteiger partial charge in [0.25, 0.3) is 0 Å². The van der Waals surface area contributed by atoms with E-state index >= 15 is 0 Å². The van der Waals surface area contributed by atoms with Crippen LogP contribution in [0.2, 0.25) is 0 Å². The van der Waals surface area contributed by atoms with Gasteiger partial charge in [0.2, 0.25) is 5.91 Å². The van der Waals surface area contributed by atoms with Gasteiger partial charge in [0, 0.05) is 6.04 Å². The van der Waals surface area contributed by atoms with E-state index in [1.165, 1.54) is 5.56 Å². The fourth-order valence-electron chi connectivity index (χ4n) is 2.69. The van der Waals surface area contributed by atoms with Crippen molar-refractivity contribution < 1.29 is 4.79 Å². The van der Waals surface area contributed by atoms with Gasteiger partial charge in [-0.3, -0.25) is 10.1 Å². The number of rotatable bonds is 4. The molecule has 1 aromatic rings. The number of thiophene rings is 1. The van der Waals surface area contributed by atoms with Crippen molar-refractivity contribution in [1.29, 1.82) is 0 Å². The first kappa shape index (κ1) is 13.6. The first-order chi connectivity index (χ1) is 8.50. The second kappa shape index (κ2) is 5.41. The Labute approximate surface area is 113 Å². The maximum absolute atomic E-state index is 12.3. The third-order valence-electron chi connectivity index (χ3n) is 3.46. The molecule has 1 N–H and O–H groups in total. The van der Waals surface area contributed by atoms with Crippen LogP contribution >= 0.6 is 11.3 Å². The van der Waals surface area contributed by atoms with Crippen molar-refractivity contribution in [1.82, 2.24) is 10.2 Å². The highest BCUT2D eigenvalue weighted by molar-refractivity contribution is 7.07. The molecule has 0 saturated carbocycles. The van der Waals surface area contributed by atoms with E-state index in [1.54, 1.807) is 11.3 Å². The van der Waals surface area contributed by atoms with E-state index in [4.69, 9.17) is 0 Å². The minimum absolute atomic E-state index is 0.0486.